The normalized spacial score (nSPS) is 10.7. The van der Waals surface area contributed by atoms with Gasteiger partial charge in [-0.3, -0.25) is 0 Å². The van der Waals surface area contributed by atoms with Crippen LogP contribution in [0.15, 0.2) is 54.6 Å². The number of benzene rings is 2. The first kappa shape index (κ1) is 12.0. The average Bonchev–Trinajstić information content (AvgIpc) is 2.38. The number of rotatable bonds is 3. The molecule has 0 spiro atoms. The summed E-state index contributed by atoms with van der Waals surface area (Å²) in [5.41, 5.74) is 2.50. The van der Waals surface area contributed by atoms with Crippen LogP contribution < -0.4 is 0 Å². The smallest absolute Gasteiger partial charge is 0.328 e. The van der Waals surface area contributed by atoms with E-state index in [2.05, 4.69) is 0 Å². The Morgan fingerprint density at radius 1 is 1.06 bits per heavy atom. The van der Waals surface area contributed by atoms with Crippen molar-refractivity contribution in [2.75, 3.05) is 0 Å². The monoisotopic (exact) mass is 242 g/mol. The summed E-state index contributed by atoms with van der Waals surface area (Å²) < 4.78 is 12.9. The van der Waals surface area contributed by atoms with Gasteiger partial charge in [-0.25, -0.2) is 9.18 Å². The number of carboxylic acid groups (broad SMARTS) is 1. The third kappa shape index (κ3) is 2.83. The quantitative estimate of drug-likeness (QED) is 0.835. The zero-order valence-corrected chi connectivity index (χ0v) is 9.51. The van der Waals surface area contributed by atoms with Gasteiger partial charge in [0, 0.05) is 6.08 Å². The van der Waals surface area contributed by atoms with Crippen LogP contribution in [0.4, 0.5) is 4.39 Å². The van der Waals surface area contributed by atoms with Gasteiger partial charge in [-0.2, -0.15) is 0 Å². The van der Waals surface area contributed by atoms with E-state index in [1.165, 1.54) is 18.2 Å². The van der Waals surface area contributed by atoms with Crippen molar-refractivity contribution in [2.45, 2.75) is 0 Å². The molecule has 18 heavy (non-hydrogen) atoms. The molecule has 0 atom stereocenters. The minimum absolute atomic E-state index is 0.294. The van der Waals surface area contributed by atoms with Gasteiger partial charge in [0.05, 0.1) is 0 Å². The molecule has 0 fully saturated rings. The number of carboxylic acids is 1. The van der Waals surface area contributed by atoms with Crippen molar-refractivity contribution in [3.63, 3.8) is 0 Å². The number of carbonyl (C=O) groups is 1. The first-order valence-electron chi connectivity index (χ1n) is 5.43. The molecule has 0 radical (unpaired) electrons. The fourth-order valence-corrected chi connectivity index (χ4v) is 1.70. The van der Waals surface area contributed by atoms with E-state index >= 15 is 0 Å². The Morgan fingerprint density at radius 2 is 1.72 bits per heavy atom. The Morgan fingerprint density at radius 3 is 2.39 bits per heavy atom. The van der Waals surface area contributed by atoms with E-state index in [-0.39, 0.29) is 5.82 Å². The maximum absolute atomic E-state index is 12.9. The SMILES string of the molecule is O=C(O)C=Cc1ccccc1-c1ccc(F)cc1. The van der Waals surface area contributed by atoms with Gasteiger partial charge in [-0.05, 0) is 34.9 Å². The summed E-state index contributed by atoms with van der Waals surface area (Å²) >= 11 is 0. The van der Waals surface area contributed by atoms with Crippen LogP contribution in [-0.4, -0.2) is 11.1 Å². The maximum Gasteiger partial charge on any atom is 0.328 e. The third-order valence-electron chi connectivity index (χ3n) is 2.52. The van der Waals surface area contributed by atoms with E-state index in [9.17, 15) is 9.18 Å². The molecule has 1 N–H and O–H groups in total. The molecule has 2 nitrogen and oxygen atoms in total. The second kappa shape index (κ2) is 5.27. The number of aliphatic carboxylic acids is 1. The minimum Gasteiger partial charge on any atom is -0.478 e. The lowest BCUT2D eigenvalue weighted by molar-refractivity contribution is -0.131. The highest BCUT2D eigenvalue weighted by Gasteiger charge is 2.02. The van der Waals surface area contributed by atoms with Crippen molar-refractivity contribution >= 4 is 12.0 Å². The fraction of sp³-hybridized carbons (Fsp3) is 0. The zero-order valence-electron chi connectivity index (χ0n) is 9.51. The van der Waals surface area contributed by atoms with Crippen LogP contribution in [0.25, 0.3) is 17.2 Å². The summed E-state index contributed by atoms with van der Waals surface area (Å²) in [5.74, 6) is -1.29. The van der Waals surface area contributed by atoms with E-state index in [4.69, 9.17) is 5.11 Å². The van der Waals surface area contributed by atoms with Crippen molar-refractivity contribution in [2.24, 2.45) is 0 Å². The van der Waals surface area contributed by atoms with Gasteiger partial charge in [0.2, 0.25) is 0 Å². The first-order valence-corrected chi connectivity index (χ1v) is 5.43. The van der Waals surface area contributed by atoms with E-state index in [0.29, 0.717) is 0 Å². The second-order valence-electron chi connectivity index (χ2n) is 3.77. The zero-order chi connectivity index (χ0) is 13.0. The number of hydrogen-bond donors (Lipinski definition) is 1. The summed E-state index contributed by atoms with van der Waals surface area (Å²) in [6.07, 6.45) is 2.61. The number of hydrogen-bond acceptors (Lipinski definition) is 1. The molecular weight excluding hydrogens is 231 g/mol. The van der Waals surface area contributed by atoms with Crippen molar-refractivity contribution in [3.8, 4) is 11.1 Å². The molecule has 3 heteroatoms. The summed E-state index contributed by atoms with van der Waals surface area (Å²) in [7, 11) is 0. The van der Waals surface area contributed by atoms with Gasteiger partial charge in [-0.15, -0.1) is 0 Å². The lowest BCUT2D eigenvalue weighted by atomic mass is 9.99. The predicted octanol–water partition coefficient (Wildman–Crippen LogP) is 3.59. The molecule has 0 unspecified atom stereocenters. The van der Waals surface area contributed by atoms with Crippen molar-refractivity contribution in [3.05, 3.63) is 66.0 Å². The van der Waals surface area contributed by atoms with Crippen LogP contribution in [-0.2, 0) is 4.79 Å². The van der Waals surface area contributed by atoms with Gasteiger partial charge < -0.3 is 5.11 Å². The van der Waals surface area contributed by atoms with Crippen LogP contribution in [0.5, 0.6) is 0 Å². The van der Waals surface area contributed by atoms with E-state index in [1.54, 1.807) is 12.1 Å². The molecule has 0 aromatic heterocycles. The lowest BCUT2D eigenvalue weighted by Crippen LogP contribution is -1.88. The molecule has 2 aromatic rings. The summed E-state index contributed by atoms with van der Waals surface area (Å²) in [6, 6.07) is 13.5. The molecule has 0 aliphatic rings. The Hall–Kier alpha value is -2.42. The minimum atomic E-state index is -0.996. The molecule has 0 saturated heterocycles. The van der Waals surface area contributed by atoms with Gasteiger partial charge in [0.1, 0.15) is 5.82 Å². The molecule has 90 valence electrons. The van der Waals surface area contributed by atoms with Crippen LogP contribution in [0.3, 0.4) is 0 Å². The molecule has 0 heterocycles. The van der Waals surface area contributed by atoms with Gasteiger partial charge in [-0.1, -0.05) is 36.4 Å². The molecule has 0 bridgehead atoms. The van der Waals surface area contributed by atoms with Crippen molar-refractivity contribution in [1.29, 1.82) is 0 Å². The molecule has 2 rings (SSSR count). The van der Waals surface area contributed by atoms with Crippen molar-refractivity contribution in [1.82, 2.24) is 0 Å². The van der Waals surface area contributed by atoms with Gasteiger partial charge >= 0.3 is 5.97 Å². The molecule has 0 saturated carbocycles. The standard InChI is InChI=1S/C15H11FO2/c16-13-8-5-12(6-9-13)14-4-2-1-3-11(14)7-10-15(17)18/h1-10H,(H,17,18). The fourth-order valence-electron chi connectivity index (χ4n) is 1.70. The maximum atomic E-state index is 12.9. The average molecular weight is 242 g/mol. The van der Waals surface area contributed by atoms with Crippen LogP contribution in [0.1, 0.15) is 5.56 Å². The molecule has 0 aliphatic carbocycles. The second-order valence-corrected chi connectivity index (χ2v) is 3.77. The van der Waals surface area contributed by atoms with E-state index in [1.807, 2.05) is 24.3 Å². The van der Waals surface area contributed by atoms with Crippen LogP contribution in [0, 0.1) is 5.82 Å². The Balaban J connectivity index is 2.44. The molecule has 2 aromatic carbocycles. The Kier molecular flexibility index (Phi) is 3.53. The Labute approximate surface area is 104 Å². The Bertz CT molecular complexity index is 586. The topological polar surface area (TPSA) is 37.3 Å². The largest absolute Gasteiger partial charge is 0.478 e. The lowest BCUT2D eigenvalue weighted by Gasteiger charge is -2.05. The van der Waals surface area contributed by atoms with E-state index < -0.39 is 5.97 Å². The predicted molar refractivity (Wildman–Crippen MR) is 68.5 cm³/mol. The molecule has 0 amide bonds. The first-order chi connectivity index (χ1) is 8.66. The third-order valence-corrected chi connectivity index (χ3v) is 2.52. The van der Waals surface area contributed by atoms with Crippen LogP contribution >= 0.6 is 0 Å². The molecule has 0 aliphatic heterocycles. The molecular formula is C15H11FO2. The summed E-state index contributed by atoms with van der Waals surface area (Å²) in [6.45, 7) is 0. The highest BCUT2D eigenvalue weighted by Crippen LogP contribution is 2.24. The summed E-state index contributed by atoms with van der Waals surface area (Å²) in [4.78, 5) is 10.5. The summed E-state index contributed by atoms with van der Waals surface area (Å²) in [5, 5.41) is 8.64. The van der Waals surface area contributed by atoms with Gasteiger partial charge in [0.25, 0.3) is 0 Å². The van der Waals surface area contributed by atoms with Crippen molar-refractivity contribution < 1.29 is 14.3 Å². The van der Waals surface area contributed by atoms with Crippen LogP contribution in [0.2, 0.25) is 0 Å². The number of halogens is 1. The van der Waals surface area contributed by atoms with Gasteiger partial charge in [0.15, 0.2) is 0 Å². The van der Waals surface area contributed by atoms with E-state index in [0.717, 1.165) is 22.8 Å². The highest BCUT2D eigenvalue weighted by atomic mass is 19.1. The highest BCUT2D eigenvalue weighted by molar-refractivity contribution is 5.87.